The van der Waals surface area contributed by atoms with Gasteiger partial charge in [0.05, 0.1) is 12.5 Å². The summed E-state index contributed by atoms with van der Waals surface area (Å²) in [5.41, 5.74) is 26.4. The van der Waals surface area contributed by atoms with E-state index >= 15 is 0 Å². The maximum absolute atomic E-state index is 10.3. The monoisotopic (exact) mass is 1760 g/mol. The summed E-state index contributed by atoms with van der Waals surface area (Å²) in [7, 11) is -2.03. The molecule has 14 nitrogen and oxygen atoms in total. The van der Waals surface area contributed by atoms with Gasteiger partial charge in [0.15, 0.2) is 0 Å². The van der Waals surface area contributed by atoms with Crippen LogP contribution >= 0.6 is 10.7 Å². The molecule has 4 atom stereocenters. The first-order valence-corrected chi connectivity index (χ1v) is 20.6. The molecule has 55 heavy (non-hydrogen) atoms. The molecule has 4 unspecified atom stereocenters. The molecule has 0 aliphatic carbocycles. The first-order valence-electron chi connectivity index (χ1n) is 16.0. The summed E-state index contributed by atoms with van der Waals surface area (Å²) in [6, 6.07) is -0.181. The van der Waals surface area contributed by atoms with E-state index in [1.807, 2.05) is 55.4 Å². The third-order valence-corrected chi connectivity index (χ3v) is 3.85. The summed E-state index contributed by atoms with van der Waals surface area (Å²) in [5, 5.41) is 11.4. The quantitative estimate of drug-likeness (QED) is 0.0437. The maximum Gasteiger partial charge on any atom is 2.00 e. The van der Waals surface area contributed by atoms with Crippen LogP contribution in [0.25, 0.3) is 26.4 Å². The topological polar surface area (TPSA) is 234 Å². The predicted octanol–water partition coefficient (Wildman–Crippen LogP) is 7.03. The number of azide groups is 1. The molecule has 0 rings (SSSR count). The number of aliphatic hydroxyl groups excluding tert-OH is 1. The summed E-state index contributed by atoms with van der Waals surface area (Å²) >= 11 is 0. The summed E-state index contributed by atoms with van der Waals surface area (Å²) in [4.78, 5) is 6.40. The van der Waals surface area contributed by atoms with Crippen molar-refractivity contribution in [1.82, 2.24) is 4.90 Å². The molecule has 0 radical (unpaired) electrons. The molecular weight excluding hydrogens is 1680 g/mol. The van der Waals surface area contributed by atoms with Gasteiger partial charge in [-0.2, -0.15) is 33.7 Å². The first kappa shape index (κ1) is 112. The number of aliphatic hydroxyl groups is 1. The predicted molar refractivity (Wildman–Crippen MR) is 224 cm³/mol. The largest absolute Gasteiger partial charge is 2.00 e. The molecular formula is C33H80ClN8NaO6S2U4. The van der Waals surface area contributed by atoms with Gasteiger partial charge in [-0.1, -0.05) is 95.8 Å². The van der Waals surface area contributed by atoms with Gasteiger partial charge in [-0.25, -0.2) is 14.8 Å². The van der Waals surface area contributed by atoms with Crippen molar-refractivity contribution in [1.29, 1.82) is 0 Å². The van der Waals surface area contributed by atoms with Crippen molar-refractivity contribution in [2.24, 2.45) is 10.8 Å². The Balaban J connectivity index is -0.0000000197. The van der Waals surface area contributed by atoms with E-state index in [9.17, 15) is 16.8 Å². The van der Waals surface area contributed by atoms with Crippen molar-refractivity contribution in [3.05, 3.63) is 81.8 Å². The zero-order valence-corrected chi connectivity index (χ0v) is 57.4. The van der Waals surface area contributed by atoms with E-state index in [1.54, 1.807) is 0 Å². The fraction of sp³-hybridized carbons (Fsp3) is 0.758. The minimum atomic E-state index is -3.34. The molecule has 0 aromatic carbocycles. The zero-order valence-electron chi connectivity index (χ0n) is 36.3. The standard InChI is InChI=1S/C6H15N.C5H10O3S.C4H7N3.C4H9N.C4H8O.4C2H6.CH3ClO2S.CH4.N3.Na.4U/c1-4-7(5-2)6-3;1-4-5(2)8-9(3,6)7;1-3-4(2)6-7-5;2*1-3-4(2)5;4*1-2;1-5(2,3)4;;1-3-2;;;;;/h4-6H2,1-3H3;5H,1-2,4H2,3H3;4H,1-3H2;4H,1-3,5H2;4-5H,1-3H2;4*1-2H3;1H3;1H4;;;;;;/q;4*-2;;;;;;;-1;+1;4*+2. The van der Waals surface area contributed by atoms with Gasteiger partial charge in [-0.3, -0.25) is 4.91 Å². The maximum atomic E-state index is 10.3. The molecule has 0 fully saturated rings. The molecule has 0 saturated carbocycles. The van der Waals surface area contributed by atoms with Crippen molar-refractivity contribution in [3.8, 4) is 0 Å². The minimum absolute atomic E-state index is 0. The summed E-state index contributed by atoms with van der Waals surface area (Å²) in [6.45, 7) is 53.5. The first-order chi connectivity index (χ1) is 22.6. The van der Waals surface area contributed by atoms with Gasteiger partial charge < -0.3 is 86.4 Å². The molecule has 3 N–H and O–H groups in total. The normalized spacial score (nSPS) is 9.76. The Bertz CT molecular complexity index is 813. The smallest absolute Gasteiger partial charge is 0.428 e. The Hall–Kier alpha value is 3.86. The van der Waals surface area contributed by atoms with Gasteiger partial charge in [0.1, 0.15) is 0 Å². The Morgan fingerprint density at radius 3 is 0.982 bits per heavy atom. The van der Waals surface area contributed by atoms with E-state index in [1.165, 1.54) is 24.5 Å². The second-order valence-electron chi connectivity index (χ2n) is 7.24. The molecule has 0 bridgehead atoms. The minimum Gasteiger partial charge on any atom is -0.428 e. The number of nitrogens with zero attached hydrogens (tertiary/aromatic N) is 7. The van der Waals surface area contributed by atoms with Gasteiger partial charge in [0, 0.05) is 10.7 Å². The van der Waals surface area contributed by atoms with Crippen LogP contribution in [0.15, 0.2) is 5.11 Å². The zero-order chi connectivity index (χ0) is 42.7. The Labute approximate surface area is 466 Å². The van der Waals surface area contributed by atoms with Crippen molar-refractivity contribution in [2.75, 3.05) is 32.1 Å². The molecule has 22 heteroatoms. The molecule has 0 amide bonds. The van der Waals surface area contributed by atoms with Gasteiger partial charge in [-0.15, -0.1) is 11.2 Å². The van der Waals surface area contributed by atoms with Crippen LogP contribution in [0, 0.1) is 180 Å². The van der Waals surface area contributed by atoms with Crippen LogP contribution in [0.1, 0.15) is 109 Å². The third-order valence-electron chi connectivity index (χ3n) is 3.23. The van der Waals surface area contributed by atoms with Crippen LogP contribution in [-0.2, 0) is 23.4 Å². The van der Waals surface area contributed by atoms with Crippen LogP contribution in [0.2, 0.25) is 0 Å². The fourth-order valence-electron chi connectivity index (χ4n) is 1.10. The van der Waals surface area contributed by atoms with Crippen LogP contribution in [0.5, 0.6) is 0 Å². The molecule has 0 aliphatic rings. The van der Waals surface area contributed by atoms with E-state index in [0.29, 0.717) is 19.3 Å². The number of nitrogens with two attached hydrogens (primary N) is 1. The number of hydrogen-bond acceptors (Lipinski definition) is 9. The summed E-state index contributed by atoms with van der Waals surface area (Å²) in [5.74, 6) is 0. The second kappa shape index (κ2) is 107. The molecule has 0 aromatic rings. The van der Waals surface area contributed by atoms with E-state index in [-0.39, 0.29) is 174 Å². The van der Waals surface area contributed by atoms with E-state index in [0.717, 1.165) is 18.9 Å². The van der Waals surface area contributed by atoms with Crippen LogP contribution < -0.4 is 35.3 Å². The number of hydrogen-bond donors (Lipinski definition) is 2. The molecule has 0 heterocycles. The molecule has 324 valence electrons. The van der Waals surface area contributed by atoms with Crippen molar-refractivity contribution >= 4 is 29.9 Å². The Morgan fingerprint density at radius 2 is 0.945 bits per heavy atom. The number of rotatable bonds is 10. The Kier molecular flexibility index (Phi) is 218. The van der Waals surface area contributed by atoms with Gasteiger partial charge in [0.25, 0.3) is 10.1 Å². The summed E-state index contributed by atoms with van der Waals surface area (Å²) in [6.07, 6.45) is 3.02. The fourth-order valence-corrected chi connectivity index (χ4v) is 1.69. The van der Waals surface area contributed by atoms with Crippen LogP contribution in [0.3, 0.4) is 0 Å². The van der Waals surface area contributed by atoms with Crippen LogP contribution in [0.4, 0.5) is 0 Å². The van der Waals surface area contributed by atoms with Crippen LogP contribution in [-0.4, -0.2) is 83.3 Å². The molecule has 0 spiro atoms. The van der Waals surface area contributed by atoms with Gasteiger partial charge >= 0.3 is 154 Å². The van der Waals surface area contributed by atoms with Crippen molar-refractivity contribution < 1.29 is 180 Å². The molecule has 0 aliphatic heterocycles. The third kappa shape index (κ3) is 270. The van der Waals surface area contributed by atoms with E-state index in [4.69, 9.17) is 27.4 Å². The number of halogens is 1. The average molecular weight is 1760 g/mol. The Morgan fingerprint density at radius 1 is 0.727 bits per heavy atom. The SMILES string of the molecule is C.CC.CC.CC.CC.CCN(CC)CC.CS(=O)(=O)Cl.[CH2-]CC([CH2-])N.[CH2-]CC([CH2-])N=[N+]=[N-].[CH2-]CC([CH2-])O.[CH2-]CC([CH2-])OS(C)(=O)=O.[N-]=[N+]=[N-].[Na+].[U+2].[U+2].[U+2].[U+2]. The van der Waals surface area contributed by atoms with Gasteiger partial charge in [0.2, 0.25) is 9.05 Å². The average Bonchev–Trinajstić information content (AvgIpc) is 3.05. The molecule has 0 saturated heterocycles. The van der Waals surface area contributed by atoms with E-state index in [2.05, 4.69) is 106 Å². The van der Waals surface area contributed by atoms with Crippen molar-refractivity contribution in [2.45, 2.75) is 134 Å². The van der Waals surface area contributed by atoms with Crippen molar-refractivity contribution in [3.63, 3.8) is 0 Å². The molecule has 0 aromatic heterocycles. The van der Waals surface area contributed by atoms with Gasteiger partial charge in [-0.05, 0) is 30.1 Å². The summed E-state index contributed by atoms with van der Waals surface area (Å²) < 4.78 is 43.8. The van der Waals surface area contributed by atoms with E-state index < -0.39 is 31.4 Å². The second-order valence-corrected chi connectivity index (χ2v) is 11.9.